The summed E-state index contributed by atoms with van der Waals surface area (Å²) < 4.78 is 5.47. The Morgan fingerprint density at radius 3 is 2.63 bits per heavy atom. The molecule has 0 saturated carbocycles. The van der Waals surface area contributed by atoms with E-state index in [2.05, 4.69) is 17.1 Å². The van der Waals surface area contributed by atoms with Crippen molar-refractivity contribution in [1.29, 1.82) is 0 Å². The number of likely N-dealkylation sites (tertiary alicyclic amines) is 1. The molecular weight excluding hydrogens is 240 g/mol. The molecule has 3 fully saturated rings. The van der Waals surface area contributed by atoms with Crippen molar-refractivity contribution in [2.24, 2.45) is 5.41 Å². The highest BCUT2D eigenvalue weighted by Crippen LogP contribution is 2.40. The van der Waals surface area contributed by atoms with Crippen molar-refractivity contribution in [3.63, 3.8) is 0 Å². The highest BCUT2D eigenvalue weighted by atomic mass is 16.5. The van der Waals surface area contributed by atoms with Crippen LogP contribution in [0.3, 0.4) is 0 Å². The molecule has 3 rings (SSSR count). The lowest BCUT2D eigenvalue weighted by atomic mass is 9.79. The van der Waals surface area contributed by atoms with Crippen molar-refractivity contribution in [3.05, 3.63) is 0 Å². The van der Waals surface area contributed by atoms with Gasteiger partial charge in [-0.2, -0.15) is 0 Å². The quantitative estimate of drug-likeness (QED) is 0.783. The molecule has 1 N–H and O–H groups in total. The topological polar surface area (TPSA) is 41.6 Å². The summed E-state index contributed by atoms with van der Waals surface area (Å²) in [5, 5.41) is 3.45. The summed E-state index contributed by atoms with van der Waals surface area (Å²) in [4.78, 5) is 14.9. The predicted molar refractivity (Wildman–Crippen MR) is 73.9 cm³/mol. The Morgan fingerprint density at radius 2 is 1.95 bits per heavy atom. The van der Waals surface area contributed by atoms with Crippen LogP contribution in [0.2, 0.25) is 0 Å². The first kappa shape index (κ1) is 13.4. The fourth-order valence-corrected chi connectivity index (χ4v) is 3.91. The Bertz CT molecular complexity index is 344. The molecule has 0 radical (unpaired) electrons. The average Bonchev–Trinajstić information content (AvgIpc) is 2.83. The zero-order chi connectivity index (χ0) is 13.3. The van der Waals surface area contributed by atoms with E-state index in [-0.39, 0.29) is 5.54 Å². The van der Waals surface area contributed by atoms with E-state index in [4.69, 9.17) is 4.74 Å². The van der Waals surface area contributed by atoms with Crippen molar-refractivity contribution < 1.29 is 9.53 Å². The lowest BCUT2D eigenvalue weighted by molar-refractivity contribution is -0.138. The Kier molecular flexibility index (Phi) is 3.56. The monoisotopic (exact) mass is 266 g/mol. The van der Waals surface area contributed by atoms with Gasteiger partial charge in [0.15, 0.2) is 0 Å². The van der Waals surface area contributed by atoms with Gasteiger partial charge in [0.25, 0.3) is 0 Å². The van der Waals surface area contributed by atoms with Gasteiger partial charge in [-0.1, -0.05) is 0 Å². The Morgan fingerprint density at radius 1 is 1.16 bits per heavy atom. The van der Waals surface area contributed by atoms with Gasteiger partial charge < -0.3 is 15.0 Å². The van der Waals surface area contributed by atoms with Gasteiger partial charge in [-0.15, -0.1) is 0 Å². The molecule has 0 bridgehead atoms. The first-order valence-electron chi connectivity index (χ1n) is 7.76. The Labute approximate surface area is 115 Å². The fraction of sp³-hybridized carbons (Fsp3) is 0.933. The number of nitrogens with one attached hydrogen (secondary N) is 1. The fourth-order valence-electron chi connectivity index (χ4n) is 3.91. The van der Waals surface area contributed by atoms with Gasteiger partial charge >= 0.3 is 0 Å². The van der Waals surface area contributed by atoms with Crippen molar-refractivity contribution in [2.75, 3.05) is 32.8 Å². The van der Waals surface area contributed by atoms with Gasteiger partial charge in [-0.05, 0) is 57.4 Å². The highest BCUT2D eigenvalue weighted by Gasteiger charge is 2.45. The minimum atomic E-state index is -0.311. The van der Waals surface area contributed by atoms with E-state index in [1.165, 1.54) is 12.8 Å². The predicted octanol–water partition coefficient (Wildman–Crippen LogP) is 1.55. The summed E-state index contributed by atoms with van der Waals surface area (Å²) >= 11 is 0. The van der Waals surface area contributed by atoms with Crippen LogP contribution in [-0.4, -0.2) is 49.2 Å². The van der Waals surface area contributed by atoms with Crippen molar-refractivity contribution in [3.8, 4) is 0 Å². The highest BCUT2D eigenvalue weighted by molar-refractivity contribution is 5.86. The number of carbonyl (C=O) groups excluding carboxylic acids is 1. The molecule has 1 spiro atoms. The molecule has 3 saturated heterocycles. The van der Waals surface area contributed by atoms with Gasteiger partial charge in [0.1, 0.15) is 0 Å². The molecule has 3 aliphatic rings. The maximum Gasteiger partial charge on any atom is 0.242 e. The number of piperidine rings is 1. The van der Waals surface area contributed by atoms with Crippen LogP contribution in [0.1, 0.15) is 45.4 Å². The largest absolute Gasteiger partial charge is 0.381 e. The van der Waals surface area contributed by atoms with Crippen molar-refractivity contribution in [1.82, 2.24) is 10.2 Å². The molecule has 1 unspecified atom stereocenters. The van der Waals surface area contributed by atoms with Gasteiger partial charge in [0.2, 0.25) is 5.91 Å². The second-order valence-corrected chi connectivity index (χ2v) is 6.81. The third-order valence-electron chi connectivity index (χ3n) is 5.37. The number of carbonyl (C=O) groups is 1. The minimum absolute atomic E-state index is 0.311. The smallest absolute Gasteiger partial charge is 0.242 e. The summed E-state index contributed by atoms with van der Waals surface area (Å²) in [6, 6.07) is 0. The molecule has 1 atom stereocenters. The molecule has 108 valence electrons. The lowest BCUT2D eigenvalue weighted by Gasteiger charge is -2.38. The van der Waals surface area contributed by atoms with E-state index in [0.29, 0.717) is 11.3 Å². The van der Waals surface area contributed by atoms with Crippen LogP contribution in [0, 0.1) is 5.41 Å². The zero-order valence-corrected chi connectivity index (χ0v) is 12.0. The molecule has 0 aromatic heterocycles. The van der Waals surface area contributed by atoms with E-state index in [9.17, 15) is 4.79 Å². The van der Waals surface area contributed by atoms with Gasteiger partial charge in [0.05, 0.1) is 5.54 Å². The molecule has 1 amide bonds. The average molecular weight is 266 g/mol. The van der Waals surface area contributed by atoms with Gasteiger partial charge in [-0.3, -0.25) is 4.79 Å². The first-order chi connectivity index (χ1) is 9.14. The molecule has 3 aliphatic heterocycles. The zero-order valence-electron chi connectivity index (χ0n) is 12.0. The van der Waals surface area contributed by atoms with Crippen LogP contribution in [0.25, 0.3) is 0 Å². The normalized spacial score (nSPS) is 34.7. The summed E-state index contributed by atoms with van der Waals surface area (Å²) in [5.41, 5.74) is 0.0495. The SMILES string of the molecule is CC1(C(=O)N2CCC3(CCOCC3)C2)CCCCN1. The molecular formula is C15H26N2O2. The molecule has 0 aliphatic carbocycles. The Hall–Kier alpha value is -0.610. The number of nitrogens with zero attached hydrogens (tertiary/aromatic N) is 1. The number of hydrogen-bond donors (Lipinski definition) is 1. The van der Waals surface area contributed by atoms with E-state index >= 15 is 0 Å². The van der Waals surface area contributed by atoms with Crippen molar-refractivity contribution >= 4 is 5.91 Å². The number of rotatable bonds is 1. The minimum Gasteiger partial charge on any atom is -0.381 e. The van der Waals surface area contributed by atoms with Crippen LogP contribution in [-0.2, 0) is 9.53 Å². The third-order valence-corrected chi connectivity index (χ3v) is 5.37. The van der Waals surface area contributed by atoms with Crippen LogP contribution in [0.15, 0.2) is 0 Å². The lowest BCUT2D eigenvalue weighted by Crippen LogP contribution is -2.57. The van der Waals surface area contributed by atoms with E-state index in [0.717, 1.165) is 58.5 Å². The second kappa shape index (κ2) is 5.06. The summed E-state index contributed by atoms with van der Waals surface area (Å²) in [6.07, 6.45) is 6.77. The van der Waals surface area contributed by atoms with Crippen LogP contribution in [0.4, 0.5) is 0 Å². The van der Waals surface area contributed by atoms with Crippen LogP contribution < -0.4 is 5.32 Å². The van der Waals surface area contributed by atoms with E-state index in [1.807, 2.05) is 0 Å². The summed E-state index contributed by atoms with van der Waals surface area (Å²) in [6.45, 7) is 6.70. The maximum absolute atomic E-state index is 12.8. The van der Waals surface area contributed by atoms with Gasteiger partial charge in [0, 0.05) is 26.3 Å². The standard InChI is InChI=1S/C15H26N2O2/c1-14(4-2-3-8-16-14)13(18)17-9-5-15(12-17)6-10-19-11-7-15/h16H,2-12H2,1H3. The summed E-state index contributed by atoms with van der Waals surface area (Å²) in [7, 11) is 0. The first-order valence-corrected chi connectivity index (χ1v) is 7.76. The van der Waals surface area contributed by atoms with Crippen molar-refractivity contribution in [2.45, 2.75) is 51.0 Å². The van der Waals surface area contributed by atoms with E-state index < -0.39 is 0 Å². The number of hydrogen-bond acceptors (Lipinski definition) is 3. The molecule has 19 heavy (non-hydrogen) atoms. The summed E-state index contributed by atoms with van der Waals surface area (Å²) in [5.74, 6) is 0.329. The van der Waals surface area contributed by atoms with Gasteiger partial charge in [-0.25, -0.2) is 0 Å². The molecule has 4 nitrogen and oxygen atoms in total. The molecule has 0 aromatic carbocycles. The van der Waals surface area contributed by atoms with Crippen LogP contribution in [0.5, 0.6) is 0 Å². The number of ether oxygens (including phenoxy) is 1. The molecule has 3 heterocycles. The maximum atomic E-state index is 12.8. The number of amides is 1. The van der Waals surface area contributed by atoms with Crippen LogP contribution >= 0.6 is 0 Å². The Balaban J connectivity index is 1.65. The van der Waals surface area contributed by atoms with E-state index in [1.54, 1.807) is 0 Å². The molecule has 0 aromatic rings. The molecule has 4 heteroatoms. The second-order valence-electron chi connectivity index (χ2n) is 6.81. The third kappa shape index (κ3) is 2.52.